The predicted molar refractivity (Wildman–Crippen MR) is 106 cm³/mol. The SMILES string of the molecule is Cc1ccc(-c2n[nH]c(=S)n2CC(=O)NCCc2cccc(Cl)c2)cc1. The Hall–Kier alpha value is -2.44. The molecular formula is C19H19ClN4OS. The third-order valence-electron chi connectivity index (χ3n) is 3.99. The second-order valence-electron chi connectivity index (χ2n) is 6.03. The van der Waals surface area contributed by atoms with Crippen LogP contribution in [0.3, 0.4) is 0 Å². The van der Waals surface area contributed by atoms with Crippen LogP contribution in [0.1, 0.15) is 11.1 Å². The monoisotopic (exact) mass is 386 g/mol. The van der Waals surface area contributed by atoms with E-state index in [1.165, 1.54) is 0 Å². The van der Waals surface area contributed by atoms with Gasteiger partial charge in [0.15, 0.2) is 10.6 Å². The molecule has 1 aromatic heterocycles. The maximum atomic E-state index is 12.3. The number of aryl methyl sites for hydroxylation is 1. The van der Waals surface area contributed by atoms with Gasteiger partial charge < -0.3 is 5.32 Å². The van der Waals surface area contributed by atoms with Gasteiger partial charge in [0.25, 0.3) is 0 Å². The minimum absolute atomic E-state index is 0.113. The van der Waals surface area contributed by atoms with Gasteiger partial charge >= 0.3 is 0 Å². The van der Waals surface area contributed by atoms with E-state index in [2.05, 4.69) is 15.5 Å². The molecule has 0 radical (unpaired) electrons. The lowest BCUT2D eigenvalue weighted by atomic mass is 10.1. The number of nitrogens with zero attached hydrogens (tertiary/aromatic N) is 2. The van der Waals surface area contributed by atoms with E-state index in [9.17, 15) is 4.79 Å². The van der Waals surface area contributed by atoms with E-state index in [1.54, 1.807) is 4.57 Å². The van der Waals surface area contributed by atoms with Gasteiger partial charge in [0.2, 0.25) is 5.91 Å². The summed E-state index contributed by atoms with van der Waals surface area (Å²) in [7, 11) is 0. The van der Waals surface area contributed by atoms with Crippen molar-refractivity contribution >= 4 is 29.7 Å². The Morgan fingerprint density at radius 2 is 2.04 bits per heavy atom. The normalized spacial score (nSPS) is 10.7. The lowest BCUT2D eigenvalue weighted by Gasteiger charge is -2.09. The van der Waals surface area contributed by atoms with E-state index in [-0.39, 0.29) is 12.5 Å². The molecule has 7 heteroatoms. The molecule has 26 heavy (non-hydrogen) atoms. The average molecular weight is 387 g/mol. The summed E-state index contributed by atoms with van der Waals surface area (Å²) in [4.78, 5) is 12.3. The molecule has 0 spiro atoms. The molecule has 0 aliphatic rings. The Labute approximate surface area is 162 Å². The summed E-state index contributed by atoms with van der Waals surface area (Å²) in [6, 6.07) is 15.6. The first-order valence-electron chi connectivity index (χ1n) is 8.26. The van der Waals surface area contributed by atoms with Gasteiger partial charge in [-0.05, 0) is 43.3 Å². The number of nitrogens with one attached hydrogen (secondary N) is 2. The maximum Gasteiger partial charge on any atom is 0.240 e. The molecule has 1 heterocycles. The summed E-state index contributed by atoms with van der Waals surface area (Å²) < 4.78 is 2.12. The van der Waals surface area contributed by atoms with Crippen LogP contribution in [0, 0.1) is 11.7 Å². The van der Waals surface area contributed by atoms with E-state index < -0.39 is 0 Å². The van der Waals surface area contributed by atoms with Crippen LogP contribution in [-0.2, 0) is 17.8 Å². The summed E-state index contributed by atoms with van der Waals surface area (Å²) in [5.41, 5.74) is 3.15. The third-order valence-corrected chi connectivity index (χ3v) is 4.54. The van der Waals surface area contributed by atoms with E-state index in [1.807, 2.05) is 55.5 Å². The van der Waals surface area contributed by atoms with E-state index >= 15 is 0 Å². The largest absolute Gasteiger partial charge is 0.354 e. The number of amides is 1. The summed E-state index contributed by atoms with van der Waals surface area (Å²) >= 11 is 11.2. The van der Waals surface area contributed by atoms with Crippen molar-refractivity contribution in [2.75, 3.05) is 6.54 Å². The molecule has 134 valence electrons. The molecule has 1 amide bonds. The van der Waals surface area contributed by atoms with Crippen LogP contribution in [-0.4, -0.2) is 27.2 Å². The van der Waals surface area contributed by atoms with E-state index in [0.717, 1.165) is 16.7 Å². The number of halogens is 1. The van der Waals surface area contributed by atoms with Crippen molar-refractivity contribution in [3.63, 3.8) is 0 Å². The lowest BCUT2D eigenvalue weighted by molar-refractivity contribution is -0.121. The molecular weight excluding hydrogens is 368 g/mol. The van der Waals surface area contributed by atoms with Gasteiger partial charge in [0.05, 0.1) is 0 Å². The summed E-state index contributed by atoms with van der Waals surface area (Å²) in [6.45, 7) is 2.67. The van der Waals surface area contributed by atoms with E-state index in [0.29, 0.717) is 28.6 Å². The van der Waals surface area contributed by atoms with Gasteiger partial charge in [-0.1, -0.05) is 53.6 Å². The molecule has 0 bridgehead atoms. The molecule has 0 atom stereocenters. The molecule has 0 aliphatic heterocycles. The fraction of sp³-hybridized carbons (Fsp3) is 0.211. The van der Waals surface area contributed by atoms with Gasteiger partial charge in [-0.3, -0.25) is 14.5 Å². The number of rotatable bonds is 6. The highest BCUT2D eigenvalue weighted by atomic mass is 35.5. The number of carbonyl (C=O) groups excluding carboxylic acids is 1. The van der Waals surface area contributed by atoms with Crippen LogP contribution in [0.2, 0.25) is 5.02 Å². The molecule has 3 aromatic rings. The van der Waals surface area contributed by atoms with Crippen LogP contribution in [0.15, 0.2) is 48.5 Å². The molecule has 0 saturated carbocycles. The van der Waals surface area contributed by atoms with Crippen molar-refractivity contribution < 1.29 is 4.79 Å². The first kappa shape index (κ1) is 18.4. The first-order chi connectivity index (χ1) is 12.5. The predicted octanol–water partition coefficient (Wildman–Crippen LogP) is 3.93. The van der Waals surface area contributed by atoms with Crippen molar-refractivity contribution in [3.05, 3.63) is 69.5 Å². The van der Waals surface area contributed by atoms with Gasteiger partial charge in [0.1, 0.15) is 6.54 Å². The van der Waals surface area contributed by atoms with Crippen LogP contribution in [0.4, 0.5) is 0 Å². The van der Waals surface area contributed by atoms with Crippen LogP contribution in [0.5, 0.6) is 0 Å². The zero-order chi connectivity index (χ0) is 18.5. The van der Waals surface area contributed by atoms with Crippen molar-refractivity contribution in [3.8, 4) is 11.4 Å². The standard InChI is InChI=1S/C19H19ClN4OS/c1-13-5-7-15(8-6-13)18-22-23-19(26)24(18)12-17(25)21-10-9-14-3-2-4-16(20)11-14/h2-8,11H,9-10,12H2,1H3,(H,21,25)(H,23,26). The highest BCUT2D eigenvalue weighted by molar-refractivity contribution is 7.71. The second kappa shape index (κ2) is 8.29. The first-order valence-corrected chi connectivity index (χ1v) is 9.05. The molecule has 0 saturated heterocycles. The van der Waals surface area contributed by atoms with Gasteiger partial charge in [-0.15, -0.1) is 0 Å². The molecule has 0 aliphatic carbocycles. The Morgan fingerprint density at radius 1 is 1.27 bits per heavy atom. The smallest absolute Gasteiger partial charge is 0.240 e. The molecule has 0 unspecified atom stereocenters. The fourth-order valence-electron chi connectivity index (χ4n) is 2.63. The minimum Gasteiger partial charge on any atom is -0.354 e. The van der Waals surface area contributed by atoms with Gasteiger partial charge in [-0.2, -0.15) is 5.10 Å². The Kier molecular flexibility index (Phi) is 5.85. The van der Waals surface area contributed by atoms with Gasteiger partial charge in [0, 0.05) is 17.1 Å². The number of aromatic nitrogens is 3. The van der Waals surface area contributed by atoms with Crippen molar-refractivity contribution in [2.24, 2.45) is 0 Å². The highest BCUT2D eigenvalue weighted by Gasteiger charge is 2.12. The Bertz CT molecular complexity index is 962. The summed E-state index contributed by atoms with van der Waals surface area (Å²) in [5, 5.41) is 10.6. The number of aromatic amines is 1. The second-order valence-corrected chi connectivity index (χ2v) is 6.86. The topological polar surface area (TPSA) is 62.7 Å². The van der Waals surface area contributed by atoms with Crippen molar-refractivity contribution in [1.82, 2.24) is 20.1 Å². The van der Waals surface area contributed by atoms with Crippen molar-refractivity contribution in [2.45, 2.75) is 19.9 Å². The van der Waals surface area contributed by atoms with Gasteiger partial charge in [-0.25, -0.2) is 0 Å². The number of hydrogen-bond donors (Lipinski definition) is 2. The average Bonchev–Trinajstić information content (AvgIpc) is 2.96. The van der Waals surface area contributed by atoms with E-state index in [4.69, 9.17) is 23.8 Å². The number of H-pyrrole nitrogens is 1. The lowest BCUT2D eigenvalue weighted by Crippen LogP contribution is -2.29. The third kappa shape index (κ3) is 4.59. The Morgan fingerprint density at radius 3 is 2.77 bits per heavy atom. The zero-order valence-electron chi connectivity index (χ0n) is 14.3. The molecule has 3 rings (SSSR count). The fourth-order valence-corrected chi connectivity index (χ4v) is 3.04. The number of hydrogen-bond acceptors (Lipinski definition) is 3. The highest BCUT2D eigenvalue weighted by Crippen LogP contribution is 2.17. The minimum atomic E-state index is -0.113. The van der Waals surface area contributed by atoms with Crippen LogP contribution in [0.25, 0.3) is 11.4 Å². The number of benzene rings is 2. The summed E-state index contributed by atoms with van der Waals surface area (Å²) in [6.07, 6.45) is 0.716. The van der Waals surface area contributed by atoms with Crippen LogP contribution < -0.4 is 5.32 Å². The zero-order valence-corrected chi connectivity index (χ0v) is 15.9. The summed E-state index contributed by atoms with van der Waals surface area (Å²) in [5.74, 6) is 0.540. The molecule has 0 fully saturated rings. The van der Waals surface area contributed by atoms with Crippen LogP contribution >= 0.6 is 23.8 Å². The maximum absolute atomic E-state index is 12.3. The molecule has 5 nitrogen and oxygen atoms in total. The van der Waals surface area contributed by atoms with Crippen molar-refractivity contribution in [1.29, 1.82) is 0 Å². The molecule has 2 N–H and O–H groups in total. The molecule has 2 aromatic carbocycles. The quantitative estimate of drug-likeness (QED) is 0.631. The number of carbonyl (C=O) groups is 1. The Balaban J connectivity index is 1.63.